The number of amides is 2. The molecule has 26 heavy (non-hydrogen) atoms. The summed E-state index contributed by atoms with van der Waals surface area (Å²) in [6.45, 7) is 3.33. The molecule has 1 fully saturated rings. The van der Waals surface area contributed by atoms with Crippen LogP contribution in [-0.4, -0.2) is 54.3 Å². The number of para-hydroxylation sites is 1. The van der Waals surface area contributed by atoms with Crippen molar-refractivity contribution in [3.63, 3.8) is 0 Å². The summed E-state index contributed by atoms with van der Waals surface area (Å²) in [4.78, 5) is 28.4. The number of anilines is 1. The molecule has 0 radical (unpaired) electrons. The monoisotopic (exact) mass is 355 g/mol. The van der Waals surface area contributed by atoms with Crippen LogP contribution in [0, 0.1) is 5.82 Å². The van der Waals surface area contributed by atoms with Gasteiger partial charge in [-0.05, 0) is 36.4 Å². The Morgan fingerprint density at radius 2 is 1.58 bits per heavy atom. The predicted octanol–water partition coefficient (Wildman–Crippen LogP) is 2.61. The van der Waals surface area contributed by atoms with Crippen LogP contribution < -0.4 is 5.32 Å². The summed E-state index contributed by atoms with van der Waals surface area (Å²) < 4.78 is 13.0. The van der Waals surface area contributed by atoms with Gasteiger partial charge in [0.1, 0.15) is 5.82 Å². The maximum Gasteiger partial charge on any atom is 0.253 e. The highest BCUT2D eigenvalue weighted by molar-refractivity contribution is 5.94. The van der Waals surface area contributed by atoms with E-state index in [9.17, 15) is 14.0 Å². The molecule has 1 heterocycles. The standard InChI is InChI=1S/C20H22FN3O2/c21-17-8-6-16(7-9-17)20(26)24-14-12-23(13-15-24)11-10-19(25)22-18-4-2-1-3-5-18/h1-9H,10-15H2,(H,22,25). The van der Waals surface area contributed by atoms with Crippen LogP contribution >= 0.6 is 0 Å². The molecule has 5 nitrogen and oxygen atoms in total. The van der Waals surface area contributed by atoms with Gasteiger partial charge < -0.3 is 10.2 Å². The largest absolute Gasteiger partial charge is 0.336 e. The van der Waals surface area contributed by atoms with Crippen molar-refractivity contribution in [3.05, 3.63) is 66.0 Å². The second-order valence-electron chi connectivity index (χ2n) is 6.30. The maximum absolute atomic E-state index is 13.0. The number of carbonyl (C=O) groups is 2. The molecule has 2 aromatic rings. The van der Waals surface area contributed by atoms with Crippen LogP contribution in [0.25, 0.3) is 0 Å². The zero-order chi connectivity index (χ0) is 18.4. The fraction of sp³-hybridized carbons (Fsp3) is 0.300. The van der Waals surface area contributed by atoms with Gasteiger partial charge in [-0.3, -0.25) is 14.5 Å². The number of nitrogens with zero attached hydrogens (tertiary/aromatic N) is 2. The average Bonchev–Trinajstić information content (AvgIpc) is 2.68. The number of rotatable bonds is 5. The number of hydrogen-bond acceptors (Lipinski definition) is 3. The van der Waals surface area contributed by atoms with Crippen LogP contribution in [0.4, 0.5) is 10.1 Å². The van der Waals surface area contributed by atoms with Crippen molar-refractivity contribution in [2.75, 3.05) is 38.0 Å². The van der Waals surface area contributed by atoms with E-state index in [4.69, 9.17) is 0 Å². The van der Waals surface area contributed by atoms with E-state index >= 15 is 0 Å². The molecular formula is C20H22FN3O2. The summed E-state index contributed by atoms with van der Waals surface area (Å²) in [6, 6.07) is 15.0. The van der Waals surface area contributed by atoms with Crippen LogP contribution in [0.15, 0.2) is 54.6 Å². The molecular weight excluding hydrogens is 333 g/mol. The minimum absolute atomic E-state index is 0.0129. The molecule has 1 saturated heterocycles. The molecule has 0 spiro atoms. The lowest BCUT2D eigenvalue weighted by atomic mass is 10.1. The first-order valence-corrected chi connectivity index (χ1v) is 8.74. The summed E-state index contributed by atoms with van der Waals surface area (Å²) in [5.41, 5.74) is 1.30. The second-order valence-corrected chi connectivity index (χ2v) is 6.30. The van der Waals surface area contributed by atoms with Gasteiger partial charge >= 0.3 is 0 Å². The molecule has 2 aromatic carbocycles. The third-order valence-corrected chi connectivity index (χ3v) is 4.46. The number of carbonyl (C=O) groups excluding carboxylic acids is 2. The molecule has 6 heteroatoms. The Bertz CT molecular complexity index is 741. The average molecular weight is 355 g/mol. The Balaban J connectivity index is 1.41. The van der Waals surface area contributed by atoms with Crippen molar-refractivity contribution in [2.24, 2.45) is 0 Å². The summed E-state index contributed by atoms with van der Waals surface area (Å²) in [6.07, 6.45) is 0.417. The second kappa shape index (κ2) is 8.58. The van der Waals surface area contributed by atoms with Gasteiger partial charge in [-0.1, -0.05) is 18.2 Å². The third kappa shape index (κ3) is 4.89. The van der Waals surface area contributed by atoms with E-state index in [2.05, 4.69) is 10.2 Å². The van der Waals surface area contributed by atoms with E-state index in [1.54, 1.807) is 4.90 Å². The SMILES string of the molecule is O=C(CCN1CCN(C(=O)c2ccc(F)cc2)CC1)Nc1ccccc1. The first-order chi connectivity index (χ1) is 12.6. The first-order valence-electron chi connectivity index (χ1n) is 8.74. The van der Waals surface area contributed by atoms with Gasteiger partial charge in [0.05, 0.1) is 0 Å². The molecule has 0 unspecified atom stereocenters. The molecule has 1 aliphatic rings. The molecule has 136 valence electrons. The molecule has 1 N–H and O–H groups in total. The molecule has 0 saturated carbocycles. The van der Waals surface area contributed by atoms with Crippen molar-refractivity contribution in [1.82, 2.24) is 9.80 Å². The molecule has 2 amide bonds. The molecule has 0 bridgehead atoms. The van der Waals surface area contributed by atoms with Crippen molar-refractivity contribution >= 4 is 17.5 Å². The molecule has 1 aliphatic heterocycles. The lowest BCUT2D eigenvalue weighted by Gasteiger charge is -2.34. The predicted molar refractivity (Wildman–Crippen MR) is 98.4 cm³/mol. The summed E-state index contributed by atoms with van der Waals surface area (Å²) in [5.74, 6) is -0.437. The first kappa shape index (κ1) is 18.1. The maximum atomic E-state index is 13.0. The van der Waals surface area contributed by atoms with Crippen molar-refractivity contribution in [3.8, 4) is 0 Å². The lowest BCUT2D eigenvalue weighted by molar-refractivity contribution is -0.116. The van der Waals surface area contributed by atoms with Crippen LogP contribution in [-0.2, 0) is 4.79 Å². The highest BCUT2D eigenvalue weighted by Gasteiger charge is 2.22. The van der Waals surface area contributed by atoms with Gasteiger partial charge in [0.2, 0.25) is 5.91 Å². The van der Waals surface area contributed by atoms with Crippen LogP contribution in [0.3, 0.4) is 0 Å². The van der Waals surface area contributed by atoms with Crippen molar-refractivity contribution < 1.29 is 14.0 Å². The van der Waals surface area contributed by atoms with Gasteiger partial charge in [0.15, 0.2) is 0 Å². The minimum atomic E-state index is -0.347. The van der Waals surface area contributed by atoms with E-state index in [0.717, 1.165) is 18.8 Å². The number of piperazine rings is 1. The highest BCUT2D eigenvalue weighted by Crippen LogP contribution is 2.11. The van der Waals surface area contributed by atoms with Crippen LogP contribution in [0.1, 0.15) is 16.8 Å². The summed E-state index contributed by atoms with van der Waals surface area (Å²) in [7, 11) is 0. The van der Waals surface area contributed by atoms with E-state index in [-0.39, 0.29) is 17.6 Å². The smallest absolute Gasteiger partial charge is 0.253 e. The zero-order valence-electron chi connectivity index (χ0n) is 14.5. The normalized spacial score (nSPS) is 14.9. The topological polar surface area (TPSA) is 52.7 Å². The fourth-order valence-corrected chi connectivity index (χ4v) is 2.95. The highest BCUT2D eigenvalue weighted by atomic mass is 19.1. The van der Waals surface area contributed by atoms with Gasteiger partial charge in [-0.15, -0.1) is 0 Å². The fourth-order valence-electron chi connectivity index (χ4n) is 2.95. The van der Waals surface area contributed by atoms with E-state index in [1.165, 1.54) is 24.3 Å². The van der Waals surface area contributed by atoms with Gasteiger partial charge in [-0.25, -0.2) is 4.39 Å². The molecule has 3 rings (SSSR count). The van der Waals surface area contributed by atoms with E-state index < -0.39 is 0 Å². The summed E-state index contributed by atoms with van der Waals surface area (Å²) in [5, 5.41) is 2.87. The van der Waals surface area contributed by atoms with Crippen molar-refractivity contribution in [2.45, 2.75) is 6.42 Å². The van der Waals surface area contributed by atoms with Crippen LogP contribution in [0.5, 0.6) is 0 Å². The van der Waals surface area contributed by atoms with E-state index in [0.29, 0.717) is 31.6 Å². The number of nitrogens with one attached hydrogen (secondary N) is 1. The molecule has 0 aliphatic carbocycles. The molecule has 0 aromatic heterocycles. The Morgan fingerprint density at radius 3 is 2.23 bits per heavy atom. The van der Waals surface area contributed by atoms with E-state index in [1.807, 2.05) is 30.3 Å². The number of benzene rings is 2. The number of hydrogen-bond donors (Lipinski definition) is 1. The van der Waals surface area contributed by atoms with Gasteiger partial charge in [0, 0.05) is 50.4 Å². The lowest BCUT2D eigenvalue weighted by Crippen LogP contribution is -2.49. The Kier molecular flexibility index (Phi) is 5.96. The summed E-state index contributed by atoms with van der Waals surface area (Å²) >= 11 is 0. The number of halogens is 1. The zero-order valence-corrected chi connectivity index (χ0v) is 14.5. The minimum Gasteiger partial charge on any atom is -0.336 e. The Labute approximate surface area is 152 Å². The van der Waals surface area contributed by atoms with Gasteiger partial charge in [0.25, 0.3) is 5.91 Å². The third-order valence-electron chi connectivity index (χ3n) is 4.46. The van der Waals surface area contributed by atoms with Gasteiger partial charge in [-0.2, -0.15) is 0 Å². The Morgan fingerprint density at radius 1 is 0.923 bits per heavy atom. The Hall–Kier alpha value is -2.73. The molecule has 0 atom stereocenters. The van der Waals surface area contributed by atoms with Crippen molar-refractivity contribution in [1.29, 1.82) is 0 Å². The van der Waals surface area contributed by atoms with Crippen LogP contribution in [0.2, 0.25) is 0 Å². The quantitative estimate of drug-likeness (QED) is 0.897.